The average Bonchev–Trinajstić information content (AvgIpc) is 3.21. The van der Waals surface area contributed by atoms with Crippen LogP contribution in [0.1, 0.15) is 22.0 Å². The number of hydrogen-bond donors (Lipinski definition) is 0. The Morgan fingerprint density at radius 3 is 2.62 bits per heavy atom. The van der Waals surface area contributed by atoms with E-state index in [1.165, 1.54) is 11.6 Å². The third-order valence-electron chi connectivity index (χ3n) is 3.24. The first-order valence-corrected chi connectivity index (χ1v) is 9.14. The summed E-state index contributed by atoms with van der Waals surface area (Å²) in [4.78, 5) is 20.5. The Labute approximate surface area is 148 Å². The lowest BCUT2D eigenvalue weighted by molar-refractivity contribution is -0.139. The van der Waals surface area contributed by atoms with Gasteiger partial charge in [0.15, 0.2) is 0 Å². The molecule has 122 valence electrons. The molecule has 0 atom stereocenters. The van der Waals surface area contributed by atoms with Crippen LogP contribution in [0.25, 0.3) is 16.6 Å². The minimum atomic E-state index is -0.398. The molecule has 3 rings (SSSR count). The molecule has 0 unspecified atom stereocenters. The molecule has 0 fully saturated rings. The zero-order valence-corrected chi connectivity index (χ0v) is 15.0. The van der Waals surface area contributed by atoms with Crippen LogP contribution in [0, 0.1) is 13.8 Å². The Hall–Kier alpha value is -2.31. The van der Waals surface area contributed by atoms with Crippen LogP contribution in [0.2, 0.25) is 0 Å². The molecule has 1 aromatic carbocycles. The molecule has 2 heterocycles. The van der Waals surface area contributed by atoms with Crippen LogP contribution in [0.4, 0.5) is 0 Å². The van der Waals surface area contributed by atoms with Gasteiger partial charge in [-0.15, -0.1) is 22.7 Å². The van der Waals surface area contributed by atoms with E-state index in [0.717, 1.165) is 27.0 Å². The molecule has 0 spiro atoms. The van der Waals surface area contributed by atoms with E-state index in [1.807, 2.05) is 29.8 Å². The van der Waals surface area contributed by atoms with Gasteiger partial charge in [-0.1, -0.05) is 29.8 Å². The third kappa shape index (κ3) is 4.37. The zero-order chi connectivity index (χ0) is 16.9. The lowest BCUT2D eigenvalue weighted by Gasteiger charge is -1.99. The monoisotopic (exact) mass is 356 g/mol. The number of nitrogens with zero attached hydrogens (tertiary/aromatic N) is 2. The first kappa shape index (κ1) is 16.5. The second-order valence-corrected chi connectivity index (χ2v) is 7.16. The van der Waals surface area contributed by atoms with Crippen molar-refractivity contribution in [1.29, 1.82) is 0 Å². The summed E-state index contributed by atoms with van der Waals surface area (Å²) >= 11 is 3.09. The van der Waals surface area contributed by atoms with Gasteiger partial charge >= 0.3 is 5.97 Å². The van der Waals surface area contributed by atoms with Gasteiger partial charge in [0.1, 0.15) is 11.6 Å². The van der Waals surface area contributed by atoms with Crippen molar-refractivity contribution in [1.82, 2.24) is 9.97 Å². The normalized spacial score (nSPS) is 11.1. The number of thiazole rings is 2. The maximum atomic E-state index is 11.8. The number of aromatic nitrogens is 2. The van der Waals surface area contributed by atoms with Crippen molar-refractivity contribution in [2.24, 2.45) is 0 Å². The predicted octanol–water partition coefficient (Wildman–Crippen LogP) is 4.64. The number of esters is 1. The van der Waals surface area contributed by atoms with Crippen molar-refractivity contribution in [3.63, 3.8) is 0 Å². The Morgan fingerprint density at radius 1 is 1.12 bits per heavy atom. The topological polar surface area (TPSA) is 52.1 Å². The Kier molecular flexibility index (Phi) is 5.17. The summed E-state index contributed by atoms with van der Waals surface area (Å²) in [6, 6.07) is 8.20. The number of rotatable bonds is 5. The molecule has 0 radical (unpaired) electrons. The van der Waals surface area contributed by atoms with Gasteiger partial charge < -0.3 is 4.74 Å². The van der Waals surface area contributed by atoms with Crippen molar-refractivity contribution in [3.8, 4) is 10.6 Å². The standard InChI is InChI=1S/C18H16N2O2S2/c1-12-3-5-14(6-4-12)18-20-16(11-24-18)9-22-17(21)8-7-15-10-23-13(2)19-15/h3-8,10-11H,9H2,1-2H3/b8-7+. The Balaban J connectivity index is 1.56. The summed E-state index contributed by atoms with van der Waals surface area (Å²) in [5.74, 6) is -0.398. The quantitative estimate of drug-likeness (QED) is 0.494. The summed E-state index contributed by atoms with van der Waals surface area (Å²) < 4.78 is 5.22. The lowest BCUT2D eigenvalue weighted by atomic mass is 10.2. The second kappa shape index (κ2) is 7.51. The fourth-order valence-electron chi connectivity index (χ4n) is 2.01. The number of benzene rings is 1. The minimum Gasteiger partial charge on any atom is -0.456 e. The van der Waals surface area contributed by atoms with Gasteiger partial charge in [-0.2, -0.15) is 0 Å². The average molecular weight is 356 g/mol. The van der Waals surface area contributed by atoms with Gasteiger partial charge in [-0.25, -0.2) is 14.8 Å². The van der Waals surface area contributed by atoms with E-state index in [0.29, 0.717) is 0 Å². The molecule has 24 heavy (non-hydrogen) atoms. The van der Waals surface area contributed by atoms with Crippen LogP contribution in [-0.2, 0) is 16.1 Å². The predicted molar refractivity (Wildman–Crippen MR) is 98.0 cm³/mol. The maximum absolute atomic E-state index is 11.8. The molecular formula is C18H16N2O2S2. The number of ether oxygens (including phenoxy) is 1. The molecule has 0 N–H and O–H groups in total. The van der Waals surface area contributed by atoms with E-state index in [1.54, 1.807) is 28.7 Å². The molecule has 0 bridgehead atoms. The van der Waals surface area contributed by atoms with Crippen molar-refractivity contribution < 1.29 is 9.53 Å². The molecular weight excluding hydrogens is 340 g/mol. The molecule has 4 nitrogen and oxygen atoms in total. The second-order valence-electron chi connectivity index (χ2n) is 5.24. The number of carbonyl (C=O) groups excluding carboxylic acids is 1. The highest BCUT2D eigenvalue weighted by Crippen LogP contribution is 2.24. The zero-order valence-electron chi connectivity index (χ0n) is 13.4. The molecule has 6 heteroatoms. The van der Waals surface area contributed by atoms with Crippen LogP contribution in [-0.4, -0.2) is 15.9 Å². The number of carbonyl (C=O) groups is 1. The molecule has 0 aliphatic rings. The fourth-order valence-corrected chi connectivity index (χ4v) is 3.40. The van der Waals surface area contributed by atoms with Gasteiger partial charge in [0, 0.05) is 22.4 Å². The minimum absolute atomic E-state index is 0.168. The molecule has 0 saturated carbocycles. The van der Waals surface area contributed by atoms with Gasteiger partial charge in [0.25, 0.3) is 0 Å². The highest BCUT2D eigenvalue weighted by atomic mass is 32.1. The van der Waals surface area contributed by atoms with Crippen LogP contribution >= 0.6 is 22.7 Å². The van der Waals surface area contributed by atoms with Crippen LogP contribution < -0.4 is 0 Å². The van der Waals surface area contributed by atoms with Gasteiger partial charge in [-0.05, 0) is 19.9 Å². The number of hydrogen-bond acceptors (Lipinski definition) is 6. The molecule has 0 saturated heterocycles. The van der Waals surface area contributed by atoms with E-state index in [-0.39, 0.29) is 6.61 Å². The molecule has 0 amide bonds. The van der Waals surface area contributed by atoms with Gasteiger partial charge in [-0.3, -0.25) is 0 Å². The summed E-state index contributed by atoms with van der Waals surface area (Å²) in [5.41, 5.74) is 3.81. The lowest BCUT2D eigenvalue weighted by Crippen LogP contribution is -2.01. The van der Waals surface area contributed by atoms with Crippen molar-refractivity contribution in [2.45, 2.75) is 20.5 Å². The fraction of sp³-hybridized carbons (Fsp3) is 0.167. The van der Waals surface area contributed by atoms with Crippen LogP contribution in [0.3, 0.4) is 0 Å². The van der Waals surface area contributed by atoms with Gasteiger partial charge in [0.05, 0.1) is 16.4 Å². The van der Waals surface area contributed by atoms with Crippen molar-refractivity contribution in [2.75, 3.05) is 0 Å². The smallest absolute Gasteiger partial charge is 0.331 e. The van der Waals surface area contributed by atoms with Crippen molar-refractivity contribution in [3.05, 3.63) is 63.1 Å². The van der Waals surface area contributed by atoms with Crippen molar-refractivity contribution >= 4 is 34.7 Å². The highest BCUT2D eigenvalue weighted by molar-refractivity contribution is 7.13. The van der Waals surface area contributed by atoms with Crippen LogP contribution in [0.15, 0.2) is 41.1 Å². The first-order valence-electron chi connectivity index (χ1n) is 7.38. The SMILES string of the molecule is Cc1ccc(-c2nc(COC(=O)/C=C/c3csc(C)n3)cs2)cc1. The van der Waals surface area contributed by atoms with Gasteiger partial charge in [0.2, 0.25) is 0 Å². The molecule has 0 aliphatic carbocycles. The van der Waals surface area contributed by atoms with E-state index in [4.69, 9.17) is 4.74 Å². The first-order chi connectivity index (χ1) is 11.6. The van der Waals surface area contributed by atoms with E-state index in [9.17, 15) is 4.79 Å². The molecule has 3 aromatic rings. The summed E-state index contributed by atoms with van der Waals surface area (Å²) in [5, 5.41) is 5.70. The Morgan fingerprint density at radius 2 is 1.92 bits per heavy atom. The van der Waals surface area contributed by atoms with Crippen LogP contribution in [0.5, 0.6) is 0 Å². The van der Waals surface area contributed by atoms with E-state index >= 15 is 0 Å². The van der Waals surface area contributed by atoms with E-state index in [2.05, 4.69) is 29.0 Å². The summed E-state index contributed by atoms with van der Waals surface area (Å²) in [7, 11) is 0. The largest absolute Gasteiger partial charge is 0.456 e. The molecule has 0 aliphatic heterocycles. The Bertz CT molecular complexity index is 863. The summed E-state index contributed by atoms with van der Waals surface area (Å²) in [6.45, 7) is 4.15. The van der Waals surface area contributed by atoms with E-state index < -0.39 is 5.97 Å². The molecule has 2 aromatic heterocycles. The highest BCUT2D eigenvalue weighted by Gasteiger charge is 2.06. The summed E-state index contributed by atoms with van der Waals surface area (Å²) in [6.07, 6.45) is 3.05. The maximum Gasteiger partial charge on any atom is 0.331 e. The third-order valence-corrected chi connectivity index (χ3v) is 4.97. The number of aryl methyl sites for hydroxylation is 2.